The van der Waals surface area contributed by atoms with Crippen LogP contribution in [0.2, 0.25) is 97.7 Å². The van der Waals surface area contributed by atoms with Crippen LogP contribution in [-0.2, 0) is 16.5 Å². The highest BCUT2D eigenvalue weighted by Crippen LogP contribution is 2.23. The van der Waals surface area contributed by atoms with E-state index in [0.717, 1.165) is 6.04 Å². The van der Waals surface area contributed by atoms with Crippen molar-refractivity contribution in [2.24, 2.45) is 0 Å². The molecule has 0 radical (unpaired) electrons. The molecule has 0 saturated heterocycles. The second-order valence-corrected chi connectivity index (χ2v) is 35.5. The maximum Gasteiger partial charge on any atom is 0.314 e. The lowest BCUT2D eigenvalue weighted by molar-refractivity contribution is 0.386. The predicted molar refractivity (Wildman–Crippen MR) is 133 cm³/mol. The Morgan fingerprint density at radius 2 is 0.808 bits per heavy atom. The van der Waals surface area contributed by atoms with E-state index in [-0.39, 0.29) is 0 Å². The topological polar surface area (TPSA) is 36.9 Å². The Bertz CT molecular complexity index is 362. The SMILES string of the molecule is CC[Si](C)(O[Si](C)(C)C)O[Si](C)(C)C.C[SiH](O[Si](C)(C)C)O[Si](C)(C)C. The molecule has 0 heterocycles. The van der Waals surface area contributed by atoms with Crippen molar-refractivity contribution in [3.8, 4) is 0 Å². The summed E-state index contributed by atoms with van der Waals surface area (Å²) < 4.78 is 24.3. The molecule has 0 unspecified atom stereocenters. The van der Waals surface area contributed by atoms with Gasteiger partial charge in [0.25, 0.3) is 9.28 Å². The van der Waals surface area contributed by atoms with E-state index in [0.29, 0.717) is 0 Å². The van der Waals surface area contributed by atoms with Crippen LogP contribution in [0.4, 0.5) is 0 Å². The average molecular weight is 473 g/mol. The molecule has 10 heteroatoms. The van der Waals surface area contributed by atoms with E-state index in [9.17, 15) is 0 Å². The van der Waals surface area contributed by atoms with Gasteiger partial charge in [0.1, 0.15) is 0 Å². The molecule has 0 aliphatic carbocycles. The van der Waals surface area contributed by atoms with Crippen molar-refractivity contribution in [1.29, 1.82) is 0 Å². The quantitative estimate of drug-likeness (QED) is 0.368. The first-order valence-corrected chi connectivity index (χ1v) is 28.1. The third-order valence-electron chi connectivity index (χ3n) is 2.73. The monoisotopic (exact) mass is 472 g/mol. The first-order valence-electron chi connectivity index (χ1n) is 9.83. The maximum atomic E-state index is 6.24. The van der Waals surface area contributed by atoms with Gasteiger partial charge in [0.05, 0.1) is 0 Å². The van der Waals surface area contributed by atoms with Gasteiger partial charge in [0.15, 0.2) is 33.3 Å². The van der Waals surface area contributed by atoms with Gasteiger partial charge < -0.3 is 16.5 Å². The summed E-state index contributed by atoms with van der Waals surface area (Å²) in [5.74, 6) is 0. The van der Waals surface area contributed by atoms with Crippen LogP contribution in [0.15, 0.2) is 0 Å². The Hall–Kier alpha value is 1.14. The molecule has 0 aliphatic heterocycles. The van der Waals surface area contributed by atoms with Gasteiger partial charge in [0.2, 0.25) is 0 Å². The van der Waals surface area contributed by atoms with Gasteiger partial charge in [-0.25, -0.2) is 0 Å². The summed E-state index contributed by atoms with van der Waals surface area (Å²) in [5, 5.41) is 0. The zero-order valence-electron chi connectivity index (χ0n) is 20.4. The minimum absolute atomic E-state index is 1.06. The third kappa shape index (κ3) is 21.4. The fraction of sp³-hybridized carbons (Fsp3) is 1.00. The molecule has 0 saturated carbocycles. The lowest BCUT2D eigenvalue weighted by Crippen LogP contribution is -2.52. The predicted octanol–water partition coefficient (Wildman–Crippen LogP) is 6.32. The summed E-state index contributed by atoms with van der Waals surface area (Å²) in [6.45, 7) is 33.2. The molecule has 0 N–H and O–H groups in total. The number of hydrogen-bond acceptors (Lipinski definition) is 4. The molecule has 4 nitrogen and oxygen atoms in total. The average Bonchev–Trinajstić information content (AvgIpc) is 2.18. The lowest BCUT2D eigenvalue weighted by atomic mass is 11.0. The van der Waals surface area contributed by atoms with Gasteiger partial charge in [-0.15, -0.1) is 0 Å². The van der Waals surface area contributed by atoms with Crippen LogP contribution < -0.4 is 0 Å². The first-order chi connectivity index (χ1) is 11.1. The molecule has 0 spiro atoms. The van der Waals surface area contributed by atoms with E-state index in [4.69, 9.17) is 16.5 Å². The van der Waals surface area contributed by atoms with Gasteiger partial charge in [0, 0.05) is 0 Å². The second kappa shape index (κ2) is 10.8. The van der Waals surface area contributed by atoms with Gasteiger partial charge >= 0.3 is 8.56 Å². The van der Waals surface area contributed by atoms with Crippen molar-refractivity contribution < 1.29 is 16.5 Å². The molecule has 0 amide bonds. The van der Waals surface area contributed by atoms with E-state index < -0.39 is 51.1 Å². The molecule has 0 aromatic rings. The molecular formula is C16H48O4Si6. The Balaban J connectivity index is 0. The fourth-order valence-electron chi connectivity index (χ4n) is 2.48. The zero-order chi connectivity index (χ0) is 21.6. The third-order valence-corrected chi connectivity index (χ3v) is 20.7. The second-order valence-electron chi connectivity index (χ2n) is 10.9. The fourth-order valence-corrected chi connectivity index (χ4v) is 23.1. The molecule has 26 heavy (non-hydrogen) atoms. The Labute approximate surface area is 172 Å². The summed E-state index contributed by atoms with van der Waals surface area (Å²) in [6.07, 6.45) is 0. The smallest absolute Gasteiger partial charge is 0.314 e. The highest BCUT2D eigenvalue weighted by atomic mass is 28.5. The largest absolute Gasteiger partial charge is 0.439 e. The van der Waals surface area contributed by atoms with Crippen LogP contribution in [0.3, 0.4) is 0 Å². The molecule has 0 fully saturated rings. The van der Waals surface area contributed by atoms with Crippen LogP contribution in [0.25, 0.3) is 0 Å². The molecule has 0 bridgehead atoms. The van der Waals surface area contributed by atoms with Gasteiger partial charge in [-0.1, -0.05) is 6.92 Å². The van der Waals surface area contributed by atoms with Gasteiger partial charge in [-0.05, 0) is 97.7 Å². The van der Waals surface area contributed by atoms with Crippen LogP contribution in [0.5, 0.6) is 0 Å². The summed E-state index contributed by atoms with van der Waals surface area (Å²) in [6, 6.07) is 1.06. The van der Waals surface area contributed by atoms with Crippen molar-refractivity contribution in [3.63, 3.8) is 0 Å². The number of rotatable bonds is 9. The highest BCUT2D eigenvalue weighted by molar-refractivity contribution is 6.87. The Morgan fingerprint density at radius 1 is 0.538 bits per heavy atom. The normalized spacial score (nSPS) is 14.3. The summed E-state index contributed by atoms with van der Waals surface area (Å²) in [5.41, 5.74) is 0. The molecular weight excluding hydrogens is 425 g/mol. The van der Waals surface area contributed by atoms with E-state index in [1.165, 1.54) is 0 Å². The minimum Gasteiger partial charge on any atom is -0.439 e. The molecule has 0 aromatic heterocycles. The van der Waals surface area contributed by atoms with Crippen molar-refractivity contribution in [2.75, 3.05) is 0 Å². The molecule has 0 aromatic carbocycles. The van der Waals surface area contributed by atoms with Crippen molar-refractivity contribution >= 4 is 51.1 Å². The lowest BCUT2D eigenvalue weighted by Gasteiger charge is -2.37. The summed E-state index contributed by atoms with van der Waals surface area (Å²) in [4.78, 5) is 0. The van der Waals surface area contributed by atoms with E-state index in [2.05, 4.69) is 98.6 Å². The standard InChI is InChI=1S/C9H26O2Si3.C7H22O2Si3/c1-9-14(8,10-12(2,3)4)11-13(5,6)7;1-10(8-11(2,3)4)9-12(5,6)7/h9H2,1-8H3;10H,1-7H3. The Morgan fingerprint density at radius 3 is 0.962 bits per heavy atom. The van der Waals surface area contributed by atoms with Crippen LogP contribution in [-0.4, -0.2) is 51.1 Å². The van der Waals surface area contributed by atoms with Crippen molar-refractivity contribution in [2.45, 2.75) is 105 Å². The highest BCUT2D eigenvalue weighted by Gasteiger charge is 2.38. The minimum atomic E-state index is -1.87. The number of hydrogen-bond donors (Lipinski definition) is 0. The van der Waals surface area contributed by atoms with E-state index in [1.54, 1.807) is 0 Å². The zero-order valence-corrected chi connectivity index (χ0v) is 26.6. The van der Waals surface area contributed by atoms with Crippen LogP contribution in [0, 0.1) is 0 Å². The van der Waals surface area contributed by atoms with Crippen LogP contribution in [0.1, 0.15) is 6.92 Å². The summed E-state index contributed by atoms with van der Waals surface area (Å²) in [7, 11) is -8.83. The van der Waals surface area contributed by atoms with Gasteiger partial charge in [-0.2, -0.15) is 0 Å². The van der Waals surface area contributed by atoms with E-state index >= 15 is 0 Å². The van der Waals surface area contributed by atoms with E-state index in [1.807, 2.05) is 0 Å². The van der Waals surface area contributed by atoms with Crippen molar-refractivity contribution in [1.82, 2.24) is 0 Å². The Kier molecular flexibility index (Phi) is 12.2. The molecule has 0 aliphatic rings. The first kappa shape index (κ1) is 29.3. The van der Waals surface area contributed by atoms with Gasteiger partial charge in [-0.3, -0.25) is 0 Å². The maximum absolute atomic E-state index is 6.24. The van der Waals surface area contributed by atoms with Crippen molar-refractivity contribution in [3.05, 3.63) is 0 Å². The molecule has 0 atom stereocenters. The molecule has 0 rings (SSSR count). The van der Waals surface area contributed by atoms with Crippen LogP contribution >= 0.6 is 0 Å². The molecule has 160 valence electrons. The summed E-state index contributed by atoms with van der Waals surface area (Å²) >= 11 is 0.